The molecule has 140 valence electrons. The van der Waals surface area contributed by atoms with Crippen molar-refractivity contribution < 1.29 is 14.6 Å². The highest BCUT2D eigenvalue weighted by Gasteiger charge is 2.39. The van der Waals surface area contributed by atoms with E-state index in [0.29, 0.717) is 12.2 Å². The molecule has 2 aliphatic rings. The maximum Gasteiger partial charge on any atom is 0.162 e. The zero-order valence-corrected chi connectivity index (χ0v) is 16.5. The van der Waals surface area contributed by atoms with E-state index in [1.54, 1.807) is 17.8 Å². The van der Waals surface area contributed by atoms with Crippen molar-refractivity contribution in [1.29, 1.82) is 0 Å². The third kappa shape index (κ3) is 3.32. The number of phenols is 1. The Hall–Kier alpha value is -2.40. The molecule has 0 aromatic heterocycles. The number of anilines is 1. The maximum absolute atomic E-state index is 13.2. The van der Waals surface area contributed by atoms with Gasteiger partial charge in [0.15, 0.2) is 17.3 Å². The van der Waals surface area contributed by atoms with Gasteiger partial charge in [-0.15, -0.1) is 11.8 Å². The Morgan fingerprint density at radius 2 is 1.96 bits per heavy atom. The van der Waals surface area contributed by atoms with Gasteiger partial charge in [0.1, 0.15) is 0 Å². The number of carbonyl (C=O) groups is 1. The molecule has 0 fully saturated rings. The monoisotopic (exact) mass is 381 g/mol. The zero-order chi connectivity index (χ0) is 19.2. The number of thioether (sulfide) groups is 1. The van der Waals surface area contributed by atoms with Crippen molar-refractivity contribution in [2.24, 2.45) is 5.41 Å². The molecule has 0 amide bonds. The highest BCUT2D eigenvalue weighted by Crippen LogP contribution is 2.52. The molecule has 0 bridgehead atoms. The Balaban J connectivity index is 1.89. The minimum atomic E-state index is -0.144. The summed E-state index contributed by atoms with van der Waals surface area (Å²) in [7, 11) is 1.54. The van der Waals surface area contributed by atoms with Crippen LogP contribution in [0.25, 0.3) is 0 Å². The molecule has 0 radical (unpaired) electrons. The lowest BCUT2D eigenvalue weighted by molar-refractivity contribution is -0.118. The lowest BCUT2D eigenvalue weighted by Gasteiger charge is -2.34. The molecule has 1 heterocycles. The van der Waals surface area contributed by atoms with Crippen molar-refractivity contribution in [3.63, 3.8) is 0 Å². The first-order valence-corrected chi connectivity index (χ1v) is 9.92. The summed E-state index contributed by atoms with van der Waals surface area (Å²) in [6.07, 6.45) is 1.37. The van der Waals surface area contributed by atoms with Crippen molar-refractivity contribution in [3.8, 4) is 11.5 Å². The second-order valence-corrected chi connectivity index (χ2v) is 9.03. The number of Topliss-reactive ketones (excluding diaryl/α,β-unsaturated/α-hetero) is 1. The molecule has 0 unspecified atom stereocenters. The molecule has 0 saturated carbocycles. The number of benzene rings is 2. The van der Waals surface area contributed by atoms with Gasteiger partial charge in [-0.1, -0.05) is 32.0 Å². The third-order valence-corrected chi connectivity index (χ3v) is 6.46. The van der Waals surface area contributed by atoms with Crippen molar-refractivity contribution in [1.82, 2.24) is 0 Å². The number of hydrogen-bond acceptors (Lipinski definition) is 5. The largest absolute Gasteiger partial charge is 0.504 e. The van der Waals surface area contributed by atoms with Gasteiger partial charge in [-0.3, -0.25) is 4.79 Å². The number of methoxy groups -OCH3 is 1. The molecule has 4 rings (SSSR count). The van der Waals surface area contributed by atoms with E-state index in [-0.39, 0.29) is 22.2 Å². The molecule has 2 aromatic rings. The standard InChI is InChI=1S/C22H23NO3S/c1-22(2)11-15-20(17(25)12-22)21(13-8-9-16(24)18(10-13)26-3)27-19-7-5-4-6-14(19)23-15/h4-10,21,23-24H,11-12H2,1-3H3/t21-/m1/s1. The van der Waals surface area contributed by atoms with Crippen LogP contribution in [0.2, 0.25) is 0 Å². The summed E-state index contributed by atoms with van der Waals surface area (Å²) in [5.74, 6) is 0.708. The quantitative estimate of drug-likeness (QED) is 0.739. The van der Waals surface area contributed by atoms with Gasteiger partial charge >= 0.3 is 0 Å². The first-order chi connectivity index (χ1) is 12.9. The van der Waals surface area contributed by atoms with Crippen LogP contribution in [0.5, 0.6) is 11.5 Å². The first-order valence-electron chi connectivity index (χ1n) is 9.04. The average Bonchev–Trinajstić information content (AvgIpc) is 2.77. The number of nitrogens with one attached hydrogen (secondary N) is 1. The maximum atomic E-state index is 13.2. The highest BCUT2D eigenvalue weighted by molar-refractivity contribution is 8.00. The number of carbonyl (C=O) groups excluding carboxylic acids is 1. The Kier molecular flexibility index (Phi) is 4.42. The molecule has 1 atom stereocenters. The summed E-state index contributed by atoms with van der Waals surface area (Å²) >= 11 is 1.67. The fraction of sp³-hybridized carbons (Fsp3) is 0.318. The van der Waals surface area contributed by atoms with Gasteiger partial charge in [-0.2, -0.15) is 0 Å². The van der Waals surface area contributed by atoms with Gasteiger partial charge < -0.3 is 15.2 Å². The number of ether oxygens (including phenoxy) is 1. The molecule has 1 aliphatic heterocycles. The van der Waals surface area contributed by atoms with Crippen LogP contribution in [-0.2, 0) is 4.79 Å². The summed E-state index contributed by atoms with van der Waals surface area (Å²) in [6, 6.07) is 13.5. The fourth-order valence-corrected chi connectivity index (χ4v) is 5.19. The first kappa shape index (κ1) is 18.0. The lowest BCUT2D eigenvalue weighted by Crippen LogP contribution is -2.29. The molecule has 2 N–H and O–H groups in total. The number of fused-ring (bicyclic) bond motifs is 1. The number of rotatable bonds is 2. The SMILES string of the molecule is COc1cc([C@H]2Sc3ccccc3NC3=C2C(=O)CC(C)(C)C3)ccc1O. The Morgan fingerprint density at radius 3 is 2.74 bits per heavy atom. The van der Waals surface area contributed by atoms with Crippen molar-refractivity contribution in [3.05, 3.63) is 59.3 Å². The molecule has 4 nitrogen and oxygen atoms in total. The van der Waals surface area contributed by atoms with E-state index in [1.807, 2.05) is 24.3 Å². The van der Waals surface area contributed by atoms with Crippen molar-refractivity contribution in [2.75, 3.05) is 12.4 Å². The van der Waals surface area contributed by atoms with Crippen LogP contribution in [0.15, 0.2) is 58.6 Å². The van der Waals surface area contributed by atoms with Gasteiger partial charge in [0.25, 0.3) is 0 Å². The molecular formula is C22H23NO3S. The lowest BCUT2D eigenvalue weighted by atomic mass is 9.74. The van der Waals surface area contributed by atoms with E-state index in [9.17, 15) is 9.90 Å². The van der Waals surface area contributed by atoms with E-state index in [2.05, 4.69) is 31.3 Å². The van der Waals surface area contributed by atoms with Gasteiger partial charge in [-0.25, -0.2) is 0 Å². The molecule has 0 saturated heterocycles. The average molecular weight is 381 g/mol. The topological polar surface area (TPSA) is 58.6 Å². The minimum absolute atomic E-state index is 0.0654. The number of para-hydroxylation sites is 1. The van der Waals surface area contributed by atoms with Crippen LogP contribution in [0.4, 0.5) is 5.69 Å². The number of hydrogen-bond donors (Lipinski definition) is 2. The van der Waals surface area contributed by atoms with Crippen LogP contribution in [-0.4, -0.2) is 18.0 Å². The third-order valence-electron chi connectivity index (χ3n) is 5.11. The predicted octanol–water partition coefficient (Wildman–Crippen LogP) is 5.30. The molecular weight excluding hydrogens is 358 g/mol. The van der Waals surface area contributed by atoms with Gasteiger partial charge in [0, 0.05) is 22.6 Å². The predicted molar refractivity (Wildman–Crippen MR) is 108 cm³/mol. The normalized spacial score (nSPS) is 21.0. The van der Waals surface area contributed by atoms with Crippen LogP contribution >= 0.6 is 11.8 Å². The molecule has 27 heavy (non-hydrogen) atoms. The fourth-order valence-electron chi connectivity index (χ4n) is 3.86. The molecule has 5 heteroatoms. The van der Waals surface area contributed by atoms with Crippen molar-refractivity contribution >= 4 is 23.2 Å². The Bertz CT molecular complexity index is 948. The van der Waals surface area contributed by atoms with Gasteiger partial charge in [0.2, 0.25) is 0 Å². The second kappa shape index (κ2) is 6.64. The summed E-state index contributed by atoms with van der Waals surface area (Å²) in [5.41, 5.74) is 3.76. The van der Waals surface area contributed by atoms with Crippen molar-refractivity contribution in [2.45, 2.75) is 36.8 Å². The summed E-state index contributed by atoms with van der Waals surface area (Å²) in [6.45, 7) is 4.28. The molecule has 1 aliphatic carbocycles. The van der Waals surface area contributed by atoms with Gasteiger partial charge in [0.05, 0.1) is 18.0 Å². The Labute approximate surface area is 163 Å². The number of ketones is 1. The van der Waals surface area contributed by atoms with E-state index in [0.717, 1.165) is 33.8 Å². The summed E-state index contributed by atoms with van der Waals surface area (Å²) < 4.78 is 5.30. The number of phenolic OH excluding ortho intramolecular Hbond substituents is 1. The van der Waals surface area contributed by atoms with E-state index in [1.165, 1.54) is 7.11 Å². The number of aromatic hydroxyl groups is 1. The van der Waals surface area contributed by atoms with E-state index >= 15 is 0 Å². The smallest absolute Gasteiger partial charge is 0.162 e. The van der Waals surface area contributed by atoms with Crippen LogP contribution < -0.4 is 10.1 Å². The second-order valence-electron chi connectivity index (χ2n) is 7.88. The van der Waals surface area contributed by atoms with E-state index in [4.69, 9.17) is 4.74 Å². The summed E-state index contributed by atoms with van der Waals surface area (Å²) in [5, 5.41) is 13.4. The summed E-state index contributed by atoms with van der Waals surface area (Å²) in [4.78, 5) is 14.3. The Morgan fingerprint density at radius 1 is 1.19 bits per heavy atom. The molecule has 2 aromatic carbocycles. The van der Waals surface area contributed by atoms with E-state index < -0.39 is 0 Å². The highest BCUT2D eigenvalue weighted by atomic mass is 32.2. The minimum Gasteiger partial charge on any atom is -0.504 e. The van der Waals surface area contributed by atoms with Crippen LogP contribution in [0, 0.1) is 5.41 Å². The molecule has 0 spiro atoms. The number of allylic oxidation sites excluding steroid dienone is 1. The van der Waals surface area contributed by atoms with Crippen LogP contribution in [0.3, 0.4) is 0 Å². The van der Waals surface area contributed by atoms with Gasteiger partial charge in [-0.05, 0) is 41.7 Å². The zero-order valence-electron chi connectivity index (χ0n) is 15.7. The van der Waals surface area contributed by atoms with Crippen LogP contribution in [0.1, 0.15) is 37.5 Å².